The molecule has 2 aliphatic heterocycles. The van der Waals surface area contributed by atoms with E-state index in [4.69, 9.17) is 0 Å². The predicted molar refractivity (Wildman–Crippen MR) is 460 cm³/mol. The highest BCUT2D eigenvalue weighted by Gasteiger charge is 2.47. The fourth-order valence-corrected chi connectivity index (χ4v) is 17.9. The Balaban J connectivity index is 0.996. The van der Waals surface area contributed by atoms with Crippen LogP contribution in [-0.2, 0) is 22.7 Å². The monoisotopic (exact) mass is 1390 g/mol. The molecule has 3 aliphatic rings. The lowest BCUT2D eigenvalue weighted by Gasteiger charge is -2.47. The zero-order valence-electron chi connectivity index (χ0n) is 63.0. The zero-order chi connectivity index (χ0) is 73.3. The molecule has 0 N–H and O–H groups in total. The van der Waals surface area contributed by atoms with Crippen LogP contribution in [0, 0.1) is 0 Å². The van der Waals surface area contributed by atoms with Gasteiger partial charge >= 0.3 is 0 Å². The van der Waals surface area contributed by atoms with Crippen LogP contribution < -0.4 is 26.2 Å². The molecule has 520 valence electrons. The Kier molecular flexibility index (Phi) is 15.9. The molecule has 19 rings (SSSR count). The maximum atomic E-state index is 2.75. The lowest BCUT2D eigenvalue weighted by molar-refractivity contribution is 0.590. The normalized spacial score (nSPS) is 13.3. The van der Waals surface area contributed by atoms with Gasteiger partial charge < -0.3 is 14.4 Å². The average Bonchev–Trinajstić information content (AvgIpc) is 0.750. The predicted octanol–water partition coefficient (Wildman–Crippen LogP) is 25.8. The molecule has 3 nitrogen and oxygen atoms in total. The van der Waals surface area contributed by atoms with Crippen LogP contribution in [0.1, 0.15) is 113 Å². The molecule has 0 bridgehead atoms. The highest BCUT2D eigenvalue weighted by molar-refractivity contribution is 7.00. The molecular weight excluding hydrogens is 1300 g/mol. The van der Waals surface area contributed by atoms with E-state index in [0.717, 1.165) is 107 Å². The lowest BCUT2D eigenvalue weighted by Crippen LogP contribution is -2.61. The van der Waals surface area contributed by atoms with E-state index in [1.165, 1.54) is 88.3 Å². The molecule has 0 amide bonds. The van der Waals surface area contributed by atoms with E-state index in [9.17, 15) is 0 Å². The van der Waals surface area contributed by atoms with Gasteiger partial charge in [-0.15, -0.1) is 0 Å². The first-order chi connectivity index (χ1) is 52.5. The number of anilines is 6. The Hall–Kier alpha value is -12.2. The maximum Gasteiger partial charge on any atom is 0.252 e. The van der Waals surface area contributed by atoms with E-state index < -0.39 is 0 Å². The molecular formula is C104H86BN3. The smallest absolute Gasteiger partial charge is 0.252 e. The maximum absolute atomic E-state index is 2.75. The molecule has 1 aliphatic carbocycles. The van der Waals surface area contributed by atoms with E-state index in [1.807, 2.05) is 0 Å². The van der Waals surface area contributed by atoms with Crippen molar-refractivity contribution in [2.45, 2.75) is 90.9 Å². The summed E-state index contributed by atoms with van der Waals surface area (Å²) in [5.41, 5.74) is 38.0. The fourth-order valence-electron chi connectivity index (χ4n) is 17.9. The molecule has 108 heavy (non-hydrogen) atoms. The van der Waals surface area contributed by atoms with Gasteiger partial charge in [-0.3, -0.25) is 0 Å². The number of benzene rings is 15. The van der Waals surface area contributed by atoms with E-state index in [2.05, 4.69) is 416 Å². The summed E-state index contributed by atoms with van der Waals surface area (Å²) < 4.78 is 2.57. The van der Waals surface area contributed by atoms with Gasteiger partial charge in [0, 0.05) is 67.4 Å². The molecule has 0 radical (unpaired) electrons. The van der Waals surface area contributed by atoms with Crippen LogP contribution in [0.25, 0.3) is 94.3 Å². The minimum Gasteiger partial charge on any atom is -0.310 e. The Morgan fingerprint density at radius 2 is 0.667 bits per heavy atom. The Morgan fingerprint density at radius 3 is 1.07 bits per heavy atom. The van der Waals surface area contributed by atoms with E-state index in [-0.39, 0.29) is 28.9 Å². The van der Waals surface area contributed by atoms with Crippen molar-refractivity contribution in [1.82, 2.24) is 4.57 Å². The van der Waals surface area contributed by atoms with Crippen LogP contribution in [0.15, 0.2) is 340 Å². The topological polar surface area (TPSA) is 11.4 Å². The van der Waals surface area contributed by atoms with Gasteiger partial charge in [0.25, 0.3) is 6.71 Å². The number of aromatic nitrogens is 1. The molecule has 4 heteroatoms. The summed E-state index contributed by atoms with van der Waals surface area (Å²) >= 11 is 0. The van der Waals surface area contributed by atoms with Gasteiger partial charge in [-0.05, 0) is 207 Å². The molecule has 1 aromatic heterocycles. The summed E-state index contributed by atoms with van der Waals surface area (Å²) in [5.74, 6) is -0.0150. The SMILES string of the molecule is CC(C)(C)c1cc2c3c(c1)N(c1c(-c4ccccc4)cc(-c4ccccc4)cc1-c1ccccc1)c1cc(-n4c5ccc(C(C)(C)C)cc5c5cc(C(C)(C)C)ccc54)ccc1B3c1cc(C3c4ccccc4Cc4ccccc43)ccc1N2c1c(-c2ccccc2)cc(-c2ccccc2)cc1-c1ccccc1. The lowest BCUT2D eigenvalue weighted by atomic mass is 9.33. The number of fused-ring (bicyclic) bond motifs is 9. The number of hydrogen-bond donors (Lipinski definition) is 0. The Morgan fingerprint density at radius 1 is 0.287 bits per heavy atom. The first-order valence-corrected chi connectivity index (χ1v) is 38.5. The number of rotatable bonds is 10. The van der Waals surface area contributed by atoms with Crippen LogP contribution >= 0.6 is 0 Å². The summed E-state index contributed by atoms with van der Waals surface area (Å²) in [6.45, 7) is 21.0. The second-order valence-electron chi connectivity index (χ2n) is 33.2. The first-order valence-electron chi connectivity index (χ1n) is 38.5. The van der Waals surface area contributed by atoms with Gasteiger partial charge in [0.1, 0.15) is 0 Å². The highest BCUT2D eigenvalue weighted by atomic mass is 15.2. The van der Waals surface area contributed by atoms with Crippen molar-refractivity contribution in [3.63, 3.8) is 0 Å². The van der Waals surface area contributed by atoms with Gasteiger partial charge in [-0.25, -0.2) is 0 Å². The summed E-state index contributed by atoms with van der Waals surface area (Å²) in [4.78, 5) is 5.48. The van der Waals surface area contributed by atoms with Crippen molar-refractivity contribution in [2.75, 3.05) is 9.80 Å². The molecule has 3 heterocycles. The second kappa shape index (κ2) is 25.8. The van der Waals surface area contributed by atoms with Gasteiger partial charge in [0.15, 0.2) is 0 Å². The Bertz CT molecular complexity index is 5960. The minimum atomic E-state index is -0.337. The van der Waals surface area contributed by atoms with Crippen LogP contribution in [-0.4, -0.2) is 11.3 Å². The van der Waals surface area contributed by atoms with E-state index >= 15 is 0 Å². The van der Waals surface area contributed by atoms with Crippen molar-refractivity contribution in [3.8, 4) is 72.4 Å². The zero-order valence-corrected chi connectivity index (χ0v) is 63.0. The van der Waals surface area contributed by atoms with Crippen LogP contribution in [0.3, 0.4) is 0 Å². The minimum absolute atomic E-state index is 0.0150. The van der Waals surface area contributed by atoms with Crippen LogP contribution in [0.5, 0.6) is 0 Å². The third kappa shape index (κ3) is 11.3. The molecule has 0 fully saturated rings. The summed E-state index contributed by atoms with van der Waals surface area (Å²) in [6, 6.07) is 130. The largest absolute Gasteiger partial charge is 0.310 e. The van der Waals surface area contributed by atoms with Crippen molar-refractivity contribution >= 4 is 79.0 Å². The average molecular weight is 1390 g/mol. The molecule has 0 saturated heterocycles. The van der Waals surface area contributed by atoms with Gasteiger partial charge in [-0.1, -0.05) is 323 Å². The third-order valence-corrected chi connectivity index (χ3v) is 23.4. The molecule has 0 saturated carbocycles. The first kappa shape index (κ1) is 66.4. The standard InChI is InChI=1S/C104H86BN3/c1-102(2,3)78-49-54-92-88(62-78)89-63-79(103(4,5)6)50-55-93(89)106(92)81-51-52-90-95(66-81)108(101-86(71-40-24-14-25-41-71)59-77(68-34-18-11-19-35-68)60-87(101)72-42-26-15-27-43-72)97-65-80(104(7,8)9)64-96-99(97)105(90)91-61-75(98-82-46-30-28-44-73(82)56-74-45-29-31-47-83(74)98)48-53-94(91)107(96)100-84(69-36-20-12-21-37-69)57-76(67-32-16-10-17-33-67)58-85(100)70-38-22-13-23-39-70/h10-55,57-66,98H,56H2,1-9H3. The van der Waals surface area contributed by atoms with Crippen molar-refractivity contribution in [3.05, 3.63) is 384 Å². The fraction of sp³-hybridized carbons (Fsp3) is 0.135. The molecule has 0 atom stereocenters. The number of nitrogens with zero attached hydrogens (tertiary/aromatic N) is 3. The van der Waals surface area contributed by atoms with Crippen molar-refractivity contribution < 1.29 is 0 Å². The molecule has 15 aromatic carbocycles. The van der Waals surface area contributed by atoms with Crippen molar-refractivity contribution in [2.24, 2.45) is 0 Å². The summed E-state index contributed by atoms with van der Waals surface area (Å²) in [5, 5.41) is 2.52. The van der Waals surface area contributed by atoms with Gasteiger partial charge in [0.2, 0.25) is 0 Å². The summed E-state index contributed by atoms with van der Waals surface area (Å²) in [6.07, 6.45) is 0.899. The third-order valence-electron chi connectivity index (χ3n) is 23.4. The van der Waals surface area contributed by atoms with Crippen molar-refractivity contribution in [1.29, 1.82) is 0 Å². The Labute approximate surface area is 636 Å². The molecule has 0 spiro atoms. The summed E-state index contributed by atoms with van der Waals surface area (Å²) in [7, 11) is 0. The number of hydrogen-bond acceptors (Lipinski definition) is 2. The van der Waals surface area contributed by atoms with Gasteiger partial charge in [-0.2, -0.15) is 0 Å². The van der Waals surface area contributed by atoms with E-state index in [1.54, 1.807) is 0 Å². The quantitative estimate of drug-likeness (QED) is 0.126. The highest BCUT2D eigenvalue weighted by Crippen LogP contribution is 2.56. The van der Waals surface area contributed by atoms with Crippen LogP contribution in [0.2, 0.25) is 0 Å². The van der Waals surface area contributed by atoms with E-state index in [0.29, 0.717) is 0 Å². The van der Waals surface area contributed by atoms with Gasteiger partial charge in [0.05, 0.1) is 22.4 Å². The second-order valence-corrected chi connectivity index (χ2v) is 33.2. The molecule has 0 unspecified atom stereocenters. The molecule has 16 aromatic rings. The van der Waals surface area contributed by atoms with Crippen LogP contribution in [0.4, 0.5) is 34.1 Å².